The number of aliphatic hydroxyl groups is 1. The van der Waals surface area contributed by atoms with Crippen LogP contribution < -0.4 is 5.32 Å². The molecule has 1 atom stereocenters. The molecule has 0 spiro atoms. The average Bonchev–Trinajstić information content (AvgIpc) is 2.54. The minimum Gasteiger partial charge on any atom is -0.382 e. The molecule has 3 rings (SSSR count). The highest BCUT2D eigenvalue weighted by molar-refractivity contribution is 5.94. The van der Waals surface area contributed by atoms with E-state index < -0.39 is 35.0 Å². The van der Waals surface area contributed by atoms with Crippen molar-refractivity contribution in [2.45, 2.75) is 18.6 Å². The maximum absolute atomic E-state index is 13.6. The van der Waals surface area contributed by atoms with Gasteiger partial charge in [0.05, 0.1) is 11.7 Å². The minimum atomic E-state index is -1.15. The van der Waals surface area contributed by atoms with Gasteiger partial charge in [0.1, 0.15) is 23.1 Å². The summed E-state index contributed by atoms with van der Waals surface area (Å²) < 4.78 is 39.5. The number of halogens is 3. The van der Waals surface area contributed by atoms with Gasteiger partial charge in [0.2, 0.25) is 5.91 Å². The molecule has 1 saturated heterocycles. The van der Waals surface area contributed by atoms with E-state index in [1.165, 1.54) is 24.3 Å². The molecule has 7 heteroatoms. The zero-order valence-electron chi connectivity index (χ0n) is 13.5. The molecule has 1 aliphatic rings. The number of hydrogen-bond donors (Lipinski definition) is 2. The van der Waals surface area contributed by atoms with Crippen molar-refractivity contribution in [1.82, 2.24) is 4.90 Å². The first-order chi connectivity index (χ1) is 11.8. The second-order valence-corrected chi connectivity index (χ2v) is 6.23. The van der Waals surface area contributed by atoms with Gasteiger partial charge in [-0.15, -0.1) is 0 Å². The molecule has 1 fully saturated rings. The number of hydrogen-bond acceptors (Lipinski definition) is 3. The van der Waals surface area contributed by atoms with Crippen molar-refractivity contribution in [1.29, 1.82) is 0 Å². The van der Waals surface area contributed by atoms with Gasteiger partial charge in [0, 0.05) is 19.2 Å². The summed E-state index contributed by atoms with van der Waals surface area (Å²) in [4.78, 5) is 13.9. The lowest BCUT2D eigenvalue weighted by molar-refractivity contribution is -0.140. The number of benzene rings is 2. The highest BCUT2D eigenvalue weighted by Gasteiger charge is 2.45. The first-order valence-corrected chi connectivity index (χ1v) is 7.77. The van der Waals surface area contributed by atoms with Gasteiger partial charge in [-0.2, -0.15) is 0 Å². The Morgan fingerprint density at radius 3 is 2.32 bits per heavy atom. The van der Waals surface area contributed by atoms with Crippen molar-refractivity contribution in [3.63, 3.8) is 0 Å². The fourth-order valence-electron chi connectivity index (χ4n) is 2.84. The van der Waals surface area contributed by atoms with E-state index in [1.54, 1.807) is 11.8 Å². The Balaban J connectivity index is 1.62. The molecule has 0 saturated carbocycles. The summed E-state index contributed by atoms with van der Waals surface area (Å²) in [5, 5.41) is 12.9. The van der Waals surface area contributed by atoms with Crippen molar-refractivity contribution in [2.75, 3.05) is 18.4 Å². The molecule has 0 radical (unpaired) electrons. The summed E-state index contributed by atoms with van der Waals surface area (Å²) in [5.74, 6) is -2.44. The highest BCUT2D eigenvalue weighted by atomic mass is 19.1. The Hall–Kier alpha value is -2.38. The maximum atomic E-state index is 13.6. The molecule has 1 heterocycles. The van der Waals surface area contributed by atoms with Crippen molar-refractivity contribution in [3.8, 4) is 0 Å². The second kappa shape index (κ2) is 6.50. The Kier molecular flexibility index (Phi) is 4.53. The Labute approximate surface area is 142 Å². The van der Waals surface area contributed by atoms with Crippen LogP contribution in [0.5, 0.6) is 0 Å². The van der Waals surface area contributed by atoms with Crippen molar-refractivity contribution < 1.29 is 23.1 Å². The van der Waals surface area contributed by atoms with Crippen LogP contribution in [0.2, 0.25) is 0 Å². The van der Waals surface area contributed by atoms with E-state index in [0.717, 1.165) is 12.1 Å². The predicted octanol–water partition coefficient (Wildman–Crippen LogP) is 2.63. The summed E-state index contributed by atoms with van der Waals surface area (Å²) in [6.07, 6.45) is 0. The normalized spacial score (nSPS) is 17.6. The minimum absolute atomic E-state index is 0.104. The largest absolute Gasteiger partial charge is 0.382 e. The molecule has 0 unspecified atom stereocenters. The standard InChI is InChI=1S/C18H17F3N2O2/c1-11(17(24)22-16-7-6-14(20)8-15(16)21)23-9-18(25,10-23)12-2-4-13(19)5-3-12/h2-8,11,25H,9-10H2,1H3,(H,22,24)/t11-/m0/s1. The topological polar surface area (TPSA) is 52.6 Å². The lowest BCUT2D eigenvalue weighted by Crippen LogP contribution is -2.63. The number of nitrogens with one attached hydrogen (secondary N) is 1. The number of likely N-dealkylation sites (tertiary alicyclic amines) is 1. The van der Waals surface area contributed by atoms with E-state index in [4.69, 9.17) is 0 Å². The van der Waals surface area contributed by atoms with Gasteiger partial charge >= 0.3 is 0 Å². The second-order valence-electron chi connectivity index (χ2n) is 6.23. The van der Waals surface area contributed by atoms with Crippen molar-refractivity contribution in [3.05, 3.63) is 65.5 Å². The van der Waals surface area contributed by atoms with E-state index >= 15 is 0 Å². The molecule has 25 heavy (non-hydrogen) atoms. The monoisotopic (exact) mass is 350 g/mol. The molecule has 0 bridgehead atoms. The fourth-order valence-corrected chi connectivity index (χ4v) is 2.84. The van der Waals surface area contributed by atoms with Crippen molar-refractivity contribution in [2.24, 2.45) is 0 Å². The van der Waals surface area contributed by atoms with E-state index in [2.05, 4.69) is 5.32 Å². The van der Waals surface area contributed by atoms with Crippen LogP contribution in [0.25, 0.3) is 0 Å². The number of rotatable bonds is 4. The molecule has 2 aromatic carbocycles. The third-order valence-electron chi connectivity index (χ3n) is 4.43. The predicted molar refractivity (Wildman–Crippen MR) is 86.3 cm³/mol. The third kappa shape index (κ3) is 3.52. The van der Waals surface area contributed by atoms with E-state index in [0.29, 0.717) is 11.6 Å². The van der Waals surface area contributed by atoms with E-state index in [-0.39, 0.29) is 18.8 Å². The van der Waals surface area contributed by atoms with Crippen molar-refractivity contribution >= 4 is 11.6 Å². The molecule has 2 N–H and O–H groups in total. The van der Waals surface area contributed by atoms with Gasteiger partial charge < -0.3 is 10.4 Å². The molecule has 0 aromatic heterocycles. The van der Waals surface area contributed by atoms with Crippen LogP contribution >= 0.6 is 0 Å². The van der Waals surface area contributed by atoms with Crippen LogP contribution in [0.15, 0.2) is 42.5 Å². The number of anilines is 1. The smallest absolute Gasteiger partial charge is 0.241 e. The summed E-state index contributed by atoms with van der Waals surface area (Å²) in [6.45, 7) is 2.01. The molecule has 2 aromatic rings. The van der Waals surface area contributed by atoms with Gasteiger partial charge in [-0.05, 0) is 36.8 Å². The molecular formula is C18H17F3N2O2. The lowest BCUT2D eigenvalue weighted by atomic mass is 9.85. The van der Waals surface area contributed by atoms with Gasteiger partial charge in [0.25, 0.3) is 0 Å². The molecule has 1 aliphatic heterocycles. The average molecular weight is 350 g/mol. The third-order valence-corrected chi connectivity index (χ3v) is 4.43. The molecule has 0 aliphatic carbocycles. The maximum Gasteiger partial charge on any atom is 0.241 e. The van der Waals surface area contributed by atoms with Crippen LogP contribution in [-0.4, -0.2) is 35.0 Å². The molecule has 132 valence electrons. The lowest BCUT2D eigenvalue weighted by Gasteiger charge is -2.49. The van der Waals surface area contributed by atoms with Gasteiger partial charge in [-0.3, -0.25) is 9.69 Å². The van der Waals surface area contributed by atoms with Crippen LogP contribution in [-0.2, 0) is 10.4 Å². The number of amides is 1. The number of β-amino-alcohol motifs (C(OH)–C–C–N with tert-alkyl or cyclic N) is 1. The number of carbonyl (C=O) groups excluding carboxylic acids is 1. The first kappa shape index (κ1) is 17.4. The molecule has 1 amide bonds. The first-order valence-electron chi connectivity index (χ1n) is 7.77. The number of carbonyl (C=O) groups is 1. The zero-order chi connectivity index (χ0) is 18.2. The van der Waals surface area contributed by atoms with Gasteiger partial charge in [-0.1, -0.05) is 12.1 Å². The summed E-state index contributed by atoms with van der Waals surface area (Å²) in [6, 6.07) is 7.83. The SMILES string of the molecule is C[C@@H](C(=O)Nc1ccc(F)cc1F)N1CC(O)(c2ccc(F)cc2)C1. The quantitative estimate of drug-likeness (QED) is 0.891. The summed E-state index contributed by atoms with van der Waals surface area (Å²) in [5.41, 5.74) is -0.682. The van der Waals surface area contributed by atoms with Crippen LogP contribution in [0, 0.1) is 17.5 Å². The summed E-state index contributed by atoms with van der Waals surface area (Å²) in [7, 11) is 0. The van der Waals surface area contributed by atoms with Crippen LogP contribution in [0.4, 0.5) is 18.9 Å². The van der Waals surface area contributed by atoms with E-state index in [1.807, 2.05) is 0 Å². The Bertz CT molecular complexity index is 789. The van der Waals surface area contributed by atoms with Crippen LogP contribution in [0.1, 0.15) is 12.5 Å². The van der Waals surface area contributed by atoms with E-state index in [9.17, 15) is 23.1 Å². The molecular weight excluding hydrogens is 333 g/mol. The van der Waals surface area contributed by atoms with Crippen LogP contribution in [0.3, 0.4) is 0 Å². The Morgan fingerprint density at radius 1 is 1.12 bits per heavy atom. The van der Waals surface area contributed by atoms with Gasteiger partial charge in [-0.25, -0.2) is 13.2 Å². The van der Waals surface area contributed by atoms with Gasteiger partial charge in [0.15, 0.2) is 0 Å². The number of nitrogens with zero attached hydrogens (tertiary/aromatic N) is 1. The zero-order valence-corrected chi connectivity index (χ0v) is 13.5. The molecule has 4 nitrogen and oxygen atoms in total. The fraction of sp³-hybridized carbons (Fsp3) is 0.278. The Morgan fingerprint density at radius 2 is 1.72 bits per heavy atom. The highest BCUT2D eigenvalue weighted by Crippen LogP contribution is 2.33. The summed E-state index contributed by atoms with van der Waals surface area (Å²) >= 11 is 0.